The Morgan fingerprint density at radius 1 is 0.875 bits per heavy atom. The van der Waals surface area contributed by atoms with E-state index in [-0.39, 0.29) is 12.1 Å². The Kier molecular flexibility index (Phi) is 5.18. The lowest BCUT2D eigenvalue weighted by Gasteiger charge is -2.43. The molecule has 32 heavy (non-hydrogen) atoms. The van der Waals surface area contributed by atoms with Crippen LogP contribution in [0.15, 0.2) is 35.2 Å². The van der Waals surface area contributed by atoms with E-state index in [1.807, 2.05) is 0 Å². The molecule has 1 atom stereocenters. The highest BCUT2D eigenvalue weighted by Gasteiger charge is 2.37. The predicted octanol–water partition coefficient (Wildman–Crippen LogP) is 3.49. The number of nitrogens with zero attached hydrogens (tertiary/aromatic N) is 2. The normalized spacial score (nSPS) is 23.6. The minimum absolute atomic E-state index is 0.137. The van der Waals surface area contributed by atoms with Gasteiger partial charge in [-0.3, -0.25) is 4.21 Å². The second-order valence-electron chi connectivity index (χ2n) is 9.98. The number of anilines is 3. The maximum absolute atomic E-state index is 12.9. The van der Waals surface area contributed by atoms with Gasteiger partial charge in [-0.1, -0.05) is 6.07 Å². The van der Waals surface area contributed by atoms with Crippen molar-refractivity contribution in [1.82, 2.24) is 0 Å². The van der Waals surface area contributed by atoms with E-state index in [4.69, 9.17) is 0 Å². The topological polar surface area (TPSA) is 55.8 Å². The highest BCUT2D eigenvalue weighted by atomic mass is 32.2. The second-order valence-corrected chi connectivity index (χ2v) is 11.5. The first-order valence-electron chi connectivity index (χ1n) is 12.2. The van der Waals surface area contributed by atoms with E-state index in [1.54, 1.807) is 0 Å². The van der Waals surface area contributed by atoms with Gasteiger partial charge >= 0.3 is 0 Å². The highest BCUT2D eigenvalue weighted by molar-refractivity contribution is 7.85. The van der Waals surface area contributed by atoms with Crippen LogP contribution < -0.4 is 15.1 Å². The van der Waals surface area contributed by atoms with Crippen LogP contribution in [0.3, 0.4) is 0 Å². The van der Waals surface area contributed by atoms with E-state index in [2.05, 4.69) is 45.4 Å². The first-order valence-corrected chi connectivity index (χ1v) is 13.5. The number of aliphatic hydroxyl groups excluding tert-OH is 1. The molecule has 0 aromatic heterocycles. The molecule has 2 aliphatic heterocycles. The number of nitrogens with one attached hydrogen (secondary N) is 1. The van der Waals surface area contributed by atoms with Crippen molar-refractivity contribution in [3.63, 3.8) is 0 Å². The molecule has 0 radical (unpaired) electrons. The number of fused-ring (bicyclic) bond motifs is 2. The second kappa shape index (κ2) is 8.07. The lowest BCUT2D eigenvalue weighted by molar-refractivity contribution is 0.144. The fourth-order valence-electron chi connectivity index (χ4n) is 5.71. The lowest BCUT2D eigenvalue weighted by atomic mass is 9.77. The molecule has 2 aliphatic carbocycles. The molecule has 0 spiro atoms. The Balaban J connectivity index is 1.24. The van der Waals surface area contributed by atoms with Crippen molar-refractivity contribution >= 4 is 27.9 Å². The van der Waals surface area contributed by atoms with Gasteiger partial charge in [0.1, 0.15) is 0 Å². The summed E-state index contributed by atoms with van der Waals surface area (Å²) in [6.45, 7) is 4.15. The van der Waals surface area contributed by atoms with Gasteiger partial charge in [0.25, 0.3) is 0 Å². The van der Waals surface area contributed by atoms with E-state index in [9.17, 15) is 9.32 Å². The Morgan fingerprint density at radius 3 is 2.22 bits per heavy atom. The minimum Gasteiger partial charge on any atom is -0.394 e. The van der Waals surface area contributed by atoms with Gasteiger partial charge in [0.05, 0.1) is 33.5 Å². The van der Waals surface area contributed by atoms with Gasteiger partial charge in [0.2, 0.25) is 0 Å². The third kappa shape index (κ3) is 3.52. The van der Waals surface area contributed by atoms with Crippen LogP contribution in [0.25, 0.3) is 0 Å². The van der Waals surface area contributed by atoms with Crippen molar-refractivity contribution < 1.29 is 9.32 Å². The van der Waals surface area contributed by atoms with Gasteiger partial charge < -0.3 is 20.2 Å². The summed E-state index contributed by atoms with van der Waals surface area (Å²) in [6.07, 6.45) is 7.54. The maximum Gasteiger partial charge on any atom is 0.0661 e. The van der Waals surface area contributed by atoms with Gasteiger partial charge in [0, 0.05) is 43.3 Å². The molecule has 0 bridgehead atoms. The van der Waals surface area contributed by atoms with Gasteiger partial charge in [0.15, 0.2) is 0 Å². The van der Waals surface area contributed by atoms with E-state index in [0.29, 0.717) is 0 Å². The number of benzene rings is 2. The molecule has 170 valence electrons. The van der Waals surface area contributed by atoms with Gasteiger partial charge in [-0.25, -0.2) is 0 Å². The van der Waals surface area contributed by atoms with Crippen LogP contribution >= 0.6 is 0 Å². The molecule has 6 rings (SSSR count). The zero-order chi connectivity index (χ0) is 21.7. The van der Waals surface area contributed by atoms with Crippen LogP contribution in [0.5, 0.6) is 0 Å². The fraction of sp³-hybridized carbons (Fsp3) is 0.538. The molecule has 0 amide bonds. The van der Waals surface area contributed by atoms with E-state index in [0.717, 1.165) is 74.6 Å². The number of aliphatic hydroxyl groups is 1. The average molecular weight is 452 g/mol. The molecule has 5 nitrogen and oxygen atoms in total. The van der Waals surface area contributed by atoms with Gasteiger partial charge in [-0.05, 0) is 85.9 Å². The Labute approximate surface area is 193 Å². The van der Waals surface area contributed by atoms with Crippen molar-refractivity contribution in [1.29, 1.82) is 0 Å². The first kappa shape index (κ1) is 20.5. The van der Waals surface area contributed by atoms with Crippen molar-refractivity contribution in [2.75, 3.05) is 53.7 Å². The van der Waals surface area contributed by atoms with Crippen LogP contribution in [0.4, 0.5) is 17.1 Å². The smallest absolute Gasteiger partial charge is 0.0661 e. The largest absolute Gasteiger partial charge is 0.394 e. The van der Waals surface area contributed by atoms with Crippen molar-refractivity contribution in [2.24, 2.45) is 0 Å². The molecule has 1 saturated carbocycles. The molecule has 2 aromatic carbocycles. The van der Waals surface area contributed by atoms with E-state index >= 15 is 0 Å². The number of piperazine rings is 1. The molecule has 2 aromatic rings. The predicted molar refractivity (Wildman–Crippen MR) is 132 cm³/mol. The van der Waals surface area contributed by atoms with Gasteiger partial charge in [-0.15, -0.1) is 0 Å². The Morgan fingerprint density at radius 2 is 1.59 bits per heavy atom. The SMILES string of the molecule is O=S1CCCc2cc(N3CCN(c4ccc5c(c4)CC5)CC3)cc(NC3(CO)CCC3)c21. The van der Waals surface area contributed by atoms with E-state index < -0.39 is 10.8 Å². The molecular weight excluding hydrogens is 418 g/mol. The third-order valence-electron chi connectivity index (χ3n) is 8.03. The molecule has 4 aliphatic rings. The molecule has 1 unspecified atom stereocenters. The molecule has 2 N–H and O–H groups in total. The number of rotatable bonds is 5. The van der Waals surface area contributed by atoms with Crippen LogP contribution in [-0.2, 0) is 30.1 Å². The van der Waals surface area contributed by atoms with Crippen LogP contribution in [0, 0.1) is 0 Å². The number of hydrogen-bond donors (Lipinski definition) is 2. The highest BCUT2D eigenvalue weighted by Crippen LogP contribution is 2.40. The molecule has 6 heteroatoms. The van der Waals surface area contributed by atoms with Gasteiger partial charge in [-0.2, -0.15) is 0 Å². The zero-order valence-corrected chi connectivity index (χ0v) is 19.6. The monoisotopic (exact) mass is 451 g/mol. The summed E-state index contributed by atoms with van der Waals surface area (Å²) in [5.74, 6) is 0.743. The lowest BCUT2D eigenvalue weighted by Crippen LogP contribution is -2.49. The molecule has 2 heterocycles. The summed E-state index contributed by atoms with van der Waals surface area (Å²) < 4.78 is 12.9. The Hall–Kier alpha value is -2.05. The maximum atomic E-state index is 12.9. The summed E-state index contributed by atoms with van der Waals surface area (Å²) in [6, 6.07) is 11.5. The van der Waals surface area contributed by atoms with Crippen LogP contribution in [0.2, 0.25) is 0 Å². The minimum atomic E-state index is -0.955. The zero-order valence-electron chi connectivity index (χ0n) is 18.7. The molecule has 1 saturated heterocycles. The summed E-state index contributed by atoms with van der Waals surface area (Å²) >= 11 is 0. The first-order chi connectivity index (χ1) is 15.6. The summed E-state index contributed by atoms with van der Waals surface area (Å²) in [4.78, 5) is 5.98. The summed E-state index contributed by atoms with van der Waals surface area (Å²) in [7, 11) is -0.955. The molecule has 2 fully saturated rings. The third-order valence-corrected chi connectivity index (χ3v) is 9.63. The quantitative estimate of drug-likeness (QED) is 0.729. The summed E-state index contributed by atoms with van der Waals surface area (Å²) in [5.41, 5.74) is 7.63. The van der Waals surface area contributed by atoms with Crippen molar-refractivity contribution in [3.05, 3.63) is 47.0 Å². The summed E-state index contributed by atoms with van der Waals surface area (Å²) in [5, 5.41) is 13.7. The van der Waals surface area contributed by atoms with E-state index in [1.165, 1.54) is 40.9 Å². The fourth-order valence-corrected chi connectivity index (χ4v) is 7.13. The molecular formula is C26H33N3O2S. The van der Waals surface area contributed by atoms with Crippen LogP contribution in [0.1, 0.15) is 42.4 Å². The number of hydrogen-bond acceptors (Lipinski definition) is 5. The van der Waals surface area contributed by atoms with Crippen molar-refractivity contribution in [2.45, 2.75) is 55.4 Å². The standard InChI is InChI=1S/C26H33N3O2S/c30-18-26(8-2-9-26)27-24-17-23(16-21-3-1-14-32(31)25(21)24)29-12-10-28(11-13-29)22-7-6-19-4-5-20(19)15-22/h6-7,15-17,27,30H,1-5,8-14,18H2. The average Bonchev–Trinajstić information content (AvgIpc) is 2.77. The number of aryl methyl sites for hydroxylation is 3. The van der Waals surface area contributed by atoms with Crippen molar-refractivity contribution in [3.8, 4) is 0 Å². The Bertz CT molecular complexity index is 1050. The van der Waals surface area contributed by atoms with Crippen LogP contribution in [-0.4, -0.2) is 53.4 Å².